The molecule has 18 heavy (non-hydrogen) atoms. The van der Waals surface area contributed by atoms with Crippen molar-refractivity contribution < 1.29 is 4.39 Å². The maximum absolute atomic E-state index is 13.8. The minimum atomic E-state index is -0.0353. The summed E-state index contributed by atoms with van der Waals surface area (Å²) in [6, 6.07) is 5.79. The maximum atomic E-state index is 13.8. The zero-order valence-electron chi connectivity index (χ0n) is 11.1. The molecule has 0 atom stereocenters. The smallest absolute Gasteiger partial charge is 0.126 e. The summed E-state index contributed by atoms with van der Waals surface area (Å²) in [5.74, 6) is 3.26. The van der Waals surface area contributed by atoms with Crippen molar-refractivity contribution in [2.24, 2.45) is 5.92 Å². The predicted octanol–water partition coefficient (Wildman–Crippen LogP) is 5.28. The Hall–Kier alpha value is -0.150. The number of benzene rings is 1. The highest BCUT2D eigenvalue weighted by Crippen LogP contribution is 2.46. The van der Waals surface area contributed by atoms with Crippen molar-refractivity contribution in [2.75, 3.05) is 11.5 Å². The van der Waals surface area contributed by atoms with Crippen LogP contribution in [0.3, 0.4) is 0 Å². The number of hydrogen-bond acceptors (Lipinski definition) is 2. The molecular formula is C15H21FS2. The van der Waals surface area contributed by atoms with Gasteiger partial charge < -0.3 is 0 Å². The van der Waals surface area contributed by atoms with Gasteiger partial charge >= 0.3 is 0 Å². The van der Waals surface area contributed by atoms with Crippen LogP contribution in [0.25, 0.3) is 0 Å². The van der Waals surface area contributed by atoms with Crippen LogP contribution in [-0.4, -0.2) is 11.5 Å². The van der Waals surface area contributed by atoms with E-state index in [1.54, 1.807) is 6.07 Å². The van der Waals surface area contributed by atoms with Gasteiger partial charge in [-0.1, -0.05) is 32.4 Å². The SMILES string of the molecule is CCCC1CSC(c2ccc(CC)c(F)c2)SC1. The van der Waals surface area contributed by atoms with Crippen molar-refractivity contribution in [2.45, 2.75) is 37.7 Å². The maximum Gasteiger partial charge on any atom is 0.126 e. The number of aryl methyl sites for hydroxylation is 1. The summed E-state index contributed by atoms with van der Waals surface area (Å²) in [4.78, 5) is 0. The molecule has 0 amide bonds. The molecule has 0 bridgehead atoms. The Bertz CT molecular complexity index is 384. The van der Waals surface area contributed by atoms with Gasteiger partial charge in [-0.25, -0.2) is 4.39 Å². The Labute approximate surface area is 118 Å². The van der Waals surface area contributed by atoms with Crippen molar-refractivity contribution in [1.82, 2.24) is 0 Å². The van der Waals surface area contributed by atoms with Crippen molar-refractivity contribution in [1.29, 1.82) is 0 Å². The van der Waals surface area contributed by atoms with E-state index in [0.29, 0.717) is 4.58 Å². The molecule has 100 valence electrons. The summed E-state index contributed by atoms with van der Waals surface area (Å²) in [6.07, 6.45) is 3.38. The van der Waals surface area contributed by atoms with Crippen LogP contribution < -0.4 is 0 Å². The molecule has 1 aliphatic rings. The fourth-order valence-corrected chi connectivity index (χ4v) is 5.45. The lowest BCUT2D eigenvalue weighted by atomic mass is 10.1. The van der Waals surface area contributed by atoms with Crippen LogP contribution in [0.15, 0.2) is 18.2 Å². The van der Waals surface area contributed by atoms with E-state index < -0.39 is 0 Å². The second kappa shape index (κ2) is 6.85. The summed E-state index contributed by atoms with van der Waals surface area (Å²) in [7, 11) is 0. The highest BCUT2D eigenvalue weighted by molar-refractivity contribution is 8.16. The molecule has 0 N–H and O–H groups in total. The van der Waals surface area contributed by atoms with E-state index >= 15 is 0 Å². The third kappa shape index (κ3) is 3.45. The highest BCUT2D eigenvalue weighted by Gasteiger charge is 2.23. The molecule has 0 saturated carbocycles. The van der Waals surface area contributed by atoms with Crippen LogP contribution in [0.2, 0.25) is 0 Å². The highest BCUT2D eigenvalue weighted by atomic mass is 32.2. The Morgan fingerprint density at radius 3 is 2.50 bits per heavy atom. The molecular weight excluding hydrogens is 263 g/mol. The summed E-state index contributed by atoms with van der Waals surface area (Å²) in [6.45, 7) is 4.25. The summed E-state index contributed by atoms with van der Waals surface area (Å²) >= 11 is 3.97. The summed E-state index contributed by atoms with van der Waals surface area (Å²) < 4.78 is 14.2. The first-order valence-electron chi connectivity index (χ1n) is 6.76. The fourth-order valence-electron chi connectivity index (χ4n) is 2.31. The topological polar surface area (TPSA) is 0 Å². The van der Waals surface area contributed by atoms with E-state index in [-0.39, 0.29) is 5.82 Å². The summed E-state index contributed by atoms with van der Waals surface area (Å²) in [5.41, 5.74) is 1.98. The molecule has 3 heteroatoms. The minimum Gasteiger partial charge on any atom is -0.207 e. The molecule has 1 aromatic rings. The average Bonchev–Trinajstić information content (AvgIpc) is 2.40. The third-order valence-electron chi connectivity index (χ3n) is 3.39. The molecule has 2 rings (SSSR count). The fraction of sp³-hybridized carbons (Fsp3) is 0.600. The van der Waals surface area contributed by atoms with Crippen LogP contribution in [0.1, 0.15) is 42.4 Å². The van der Waals surface area contributed by atoms with E-state index in [1.165, 1.54) is 24.3 Å². The van der Waals surface area contributed by atoms with Crippen molar-refractivity contribution in [3.8, 4) is 0 Å². The van der Waals surface area contributed by atoms with Crippen LogP contribution >= 0.6 is 23.5 Å². The lowest BCUT2D eigenvalue weighted by Gasteiger charge is -2.28. The van der Waals surface area contributed by atoms with Crippen LogP contribution in [0.5, 0.6) is 0 Å². The van der Waals surface area contributed by atoms with Crippen molar-refractivity contribution >= 4 is 23.5 Å². The van der Waals surface area contributed by atoms with Gasteiger partial charge in [0, 0.05) is 0 Å². The van der Waals surface area contributed by atoms with Gasteiger partial charge in [0.1, 0.15) is 5.82 Å². The molecule has 1 aliphatic heterocycles. The monoisotopic (exact) mass is 284 g/mol. The molecule has 0 nitrogen and oxygen atoms in total. The molecule has 1 saturated heterocycles. The molecule has 1 fully saturated rings. The first-order valence-corrected chi connectivity index (χ1v) is 8.85. The number of rotatable bonds is 4. The van der Waals surface area contributed by atoms with Crippen LogP contribution in [0.4, 0.5) is 4.39 Å². The Morgan fingerprint density at radius 2 is 1.94 bits per heavy atom. The second-order valence-corrected chi connectivity index (χ2v) is 7.43. The minimum absolute atomic E-state index is 0.0353. The van der Waals surface area contributed by atoms with Gasteiger partial charge in [-0.2, -0.15) is 0 Å². The van der Waals surface area contributed by atoms with Gasteiger partial charge in [0.25, 0.3) is 0 Å². The average molecular weight is 284 g/mol. The van der Waals surface area contributed by atoms with Crippen LogP contribution in [-0.2, 0) is 6.42 Å². The Kier molecular flexibility index (Phi) is 5.43. The van der Waals surface area contributed by atoms with E-state index in [2.05, 4.69) is 13.0 Å². The standard InChI is InChI=1S/C15H21FS2/c1-3-5-11-9-17-15(18-10-11)13-7-6-12(4-2)14(16)8-13/h6-8,11,15H,3-5,9-10H2,1-2H3. The van der Waals surface area contributed by atoms with E-state index in [4.69, 9.17) is 0 Å². The Balaban J connectivity index is 1.99. The molecule has 1 heterocycles. The molecule has 0 radical (unpaired) electrons. The van der Waals surface area contributed by atoms with Crippen LogP contribution in [0, 0.1) is 11.7 Å². The predicted molar refractivity (Wildman–Crippen MR) is 81.8 cm³/mol. The molecule has 1 aromatic carbocycles. The first kappa shape index (κ1) is 14.3. The quantitative estimate of drug-likeness (QED) is 0.737. The lowest BCUT2D eigenvalue weighted by Crippen LogP contribution is -2.14. The van der Waals surface area contributed by atoms with Gasteiger partial charge in [-0.3, -0.25) is 0 Å². The number of hydrogen-bond donors (Lipinski definition) is 0. The third-order valence-corrected chi connectivity index (χ3v) is 6.69. The lowest BCUT2D eigenvalue weighted by molar-refractivity contribution is 0.590. The largest absolute Gasteiger partial charge is 0.207 e. The summed E-state index contributed by atoms with van der Waals surface area (Å²) in [5, 5.41) is 0. The van der Waals surface area contributed by atoms with Gasteiger partial charge in [0.15, 0.2) is 0 Å². The van der Waals surface area contributed by atoms with Gasteiger partial charge in [0.2, 0.25) is 0 Å². The van der Waals surface area contributed by atoms with Gasteiger partial charge in [-0.05, 0) is 47.5 Å². The normalized spacial score (nSPS) is 24.2. The second-order valence-electron chi connectivity index (χ2n) is 4.86. The Morgan fingerprint density at radius 1 is 1.22 bits per heavy atom. The number of halogens is 1. The van der Waals surface area contributed by atoms with Gasteiger partial charge in [-0.15, -0.1) is 23.5 Å². The molecule has 0 spiro atoms. The van der Waals surface area contributed by atoms with E-state index in [0.717, 1.165) is 23.5 Å². The van der Waals surface area contributed by atoms with Crippen molar-refractivity contribution in [3.05, 3.63) is 35.1 Å². The van der Waals surface area contributed by atoms with Crippen molar-refractivity contribution in [3.63, 3.8) is 0 Å². The number of thioether (sulfide) groups is 2. The molecule has 0 aliphatic carbocycles. The zero-order valence-corrected chi connectivity index (χ0v) is 12.7. The first-order chi connectivity index (χ1) is 8.74. The van der Waals surface area contributed by atoms with E-state index in [9.17, 15) is 4.39 Å². The molecule has 0 unspecified atom stereocenters. The molecule has 0 aromatic heterocycles. The van der Waals surface area contributed by atoms with E-state index in [1.807, 2.05) is 36.5 Å². The zero-order chi connectivity index (χ0) is 13.0. The van der Waals surface area contributed by atoms with Gasteiger partial charge in [0.05, 0.1) is 4.58 Å².